The minimum atomic E-state index is -3.42. The zero-order chi connectivity index (χ0) is 20.7. The van der Waals surface area contributed by atoms with Crippen LogP contribution in [0.1, 0.15) is 43.4 Å². The van der Waals surface area contributed by atoms with Crippen LogP contribution in [0.5, 0.6) is 0 Å². The van der Waals surface area contributed by atoms with E-state index < -0.39 is 9.84 Å². The van der Waals surface area contributed by atoms with Crippen molar-refractivity contribution in [2.45, 2.75) is 56.9 Å². The summed E-state index contributed by atoms with van der Waals surface area (Å²) in [7, 11) is 0.255. The van der Waals surface area contributed by atoms with Gasteiger partial charge in [-0.25, -0.2) is 13.4 Å². The minimum Gasteiger partial charge on any atom is -0.383 e. The zero-order valence-electron chi connectivity index (χ0n) is 17.6. The fraction of sp³-hybridized carbons (Fsp3) is 0.591. The van der Waals surface area contributed by atoms with Gasteiger partial charge in [-0.1, -0.05) is 49.6 Å². The van der Waals surface area contributed by atoms with E-state index in [1.54, 1.807) is 13.3 Å². The Morgan fingerprint density at radius 1 is 1.14 bits per heavy atom. The van der Waals surface area contributed by atoms with Crippen LogP contribution in [0.3, 0.4) is 0 Å². The van der Waals surface area contributed by atoms with Gasteiger partial charge in [-0.3, -0.25) is 4.90 Å². The van der Waals surface area contributed by atoms with Gasteiger partial charge in [-0.05, 0) is 31.4 Å². The molecular formula is C22H33N3O3S. The molecule has 0 N–H and O–H groups in total. The number of hydrogen-bond donors (Lipinski definition) is 0. The van der Waals surface area contributed by atoms with Gasteiger partial charge in [0.25, 0.3) is 0 Å². The van der Waals surface area contributed by atoms with Crippen molar-refractivity contribution in [3.05, 3.63) is 47.8 Å². The molecular weight excluding hydrogens is 386 g/mol. The molecule has 1 heterocycles. The first-order valence-electron chi connectivity index (χ1n) is 10.5. The highest BCUT2D eigenvalue weighted by Crippen LogP contribution is 2.27. The summed E-state index contributed by atoms with van der Waals surface area (Å²) in [6.45, 7) is 2.37. The Balaban J connectivity index is 1.76. The normalized spacial score (nSPS) is 15.8. The van der Waals surface area contributed by atoms with Gasteiger partial charge in [0.2, 0.25) is 15.0 Å². The van der Waals surface area contributed by atoms with E-state index in [2.05, 4.69) is 22.0 Å². The van der Waals surface area contributed by atoms with Gasteiger partial charge in [0.05, 0.1) is 24.3 Å². The minimum absolute atomic E-state index is 0.197. The number of imidazole rings is 1. The lowest BCUT2D eigenvalue weighted by molar-refractivity contribution is 0.182. The number of rotatable bonds is 10. The summed E-state index contributed by atoms with van der Waals surface area (Å²) < 4.78 is 33.3. The topological polar surface area (TPSA) is 64.4 Å². The van der Waals surface area contributed by atoms with Crippen LogP contribution in [-0.2, 0) is 34.2 Å². The van der Waals surface area contributed by atoms with Crippen LogP contribution in [0, 0.1) is 5.92 Å². The number of sulfone groups is 1. The second-order valence-corrected chi connectivity index (χ2v) is 10.0. The third-order valence-electron chi connectivity index (χ3n) is 5.61. The predicted octanol–water partition coefficient (Wildman–Crippen LogP) is 3.52. The number of hydrogen-bond acceptors (Lipinski definition) is 5. The molecule has 0 atom stereocenters. The van der Waals surface area contributed by atoms with Crippen molar-refractivity contribution in [1.29, 1.82) is 0 Å². The van der Waals surface area contributed by atoms with Crippen LogP contribution in [-0.4, -0.2) is 49.4 Å². The fourth-order valence-electron chi connectivity index (χ4n) is 4.15. The first kappa shape index (κ1) is 22.0. The van der Waals surface area contributed by atoms with Gasteiger partial charge >= 0.3 is 0 Å². The van der Waals surface area contributed by atoms with Crippen molar-refractivity contribution < 1.29 is 13.2 Å². The van der Waals surface area contributed by atoms with Crippen molar-refractivity contribution in [1.82, 2.24) is 14.5 Å². The Morgan fingerprint density at radius 3 is 2.55 bits per heavy atom. The van der Waals surface area contributed by atoms with E-state index in [0.29, 0.717) is 19.7 Å². The molecule has 29 heavy (non-hydrogen) atoms. The Hall–Kier alpha value is -1.70. The summed E-state index contributed by atoms with van der Waals surface area (Å²) in [6.07, 6.45) is 7.21. The Kier molecular flexibility index (Phi) is 7.86. The summed E-state index contributed by atoms with van der Waals surface area (Å²) in [5, 5.41) is 0.197. The lowest BCUT2D eigenvalue weighted by Gasteiger charge is -2.22. The fourth-order valence-corrected chi connectivity index (χ4v) is 6.01. The molecule has 0 bridgehead atoms. The summed E-state index contributed by atoms with van der Waals surface area (Å²) in [6, 6.07) is 10.3. The molecule has 0 unspecified atom stereocenters. The van der Waals surface area contributed by atoms with Gasteiger partial charge in [0.15, 0.2) is 0 Å². The third kappa shape index (κ3) is 6.14. The summed E-state index contributed by atoms with van der Waals surface area (Å²) in [5.41, 5.74) is 2.13. The van der Waals surface area contributed by atoms with E-state index in [4.69, 9.17) is 4.74 Å². The third-order valence-corrected chi connectivity index (χ3v) is 7.40. The molecule has 1 aliphatic carbocycles. The van der Waals surface area contributed by atoms with E-state index in [1.165, 1.54) is 12.0 Å². The summed E-state index contributed by atoms with van der Waals surface area (Å²) in [4.78, 5) is 6.53. The molecule has 1 aromatic heterocycles. The SMILES string of the molecule is COCCn1c(CN(C)Cc2ccccc2)cnc1S(=O)(=O)CC1CCCCC1. The Morgan fingerprint density at radius 2 is 1.86 bits per heavy atom. The highest BCUT2D eigenvalue weighted by Gasteiger charge is 2.28. The molecule has 0 saturated heterocycles. The van der Waals surface area contributed by atoms with Crippen LogP contribution in [0.4, 0.5) is 0 Å². The maximum absolute atomic E-state index is 13.1. The predicted molar refractivity (Wildman–Crippen MR) is 114 cm³/mol. The lowest BCUT2D eigenvalue weighted by atomic mass is 9.91. The molecule has 0 spiro atoms. The number of benzene rings is 1. The number of methoxy groups -OCH3 is 1. The molecule has 1 fully saturated rings. The van der Waals surface area contributed by atoms with Crippen LogP contribution in [0.15, 0.2) is 41.7 Å². The van der Waals surface area contributed by atoms with Crippen molar-refractivity contribution in [3.8, 4) is 0 Å². The molecule has 7 heteroatoms. The standard InChI is InChI=1S/C22H33N3O3S/c1-24(16-19-9-5-3-6-10-19)17-21-15-23-22(25(21)13-14-28-2)29(26,27)18-20-11-7-4-8-12-20/h3,5-6,9-10,15,20H,4,7-8,11-14,16-18H2,1-2H3. The molecule has 1 aromatic carbocycles. The van der Waals surface area contributed by atoms with Gasteiger partial charge in [0.1, 0.15) is 0 Å². The zero-order valence-corrected chi connectivity index (χ0v) is 18.4. The molecule has 3 rings (SSSR count). The number of aromatic nitrogens is 2. The van der Waals surface area contributed by atoms with Gasteiger partial charge in [0, 0.05) is 26.7 Å². The smallest absolute Gasteiger partial charge is 0.227 e. The van der Waals surface area contributed by atoms with Gasteiger partial charge in [-0.15, -0.1) is 0 Å². The van der Waals surface area contributed by atoms with Crippen LogP contribution < -0.4 is 0 Å². The highest BCUT2D eigenvalue weighted by molar-refractivity contribution is 7.91. The molecule has 0 radical (unpaired) electrons. The van der Waals surface area contributed by atoms with Crippen molar-refractivity contribution in [3.63, 3.8) is 0 Å². The summed E-state index contributed by atoms with van der Waals surface area (Å²) in [5.74, 6) is 0.460. The van der Waals surface area contributed by atoms with E-state index >= 15 is 0 Å². The van der Waals surface area contributed by atoms with Crippen molar-refractivity contribution in [2.24, 2.45) is 5.92 Å². The highest BCUT2D eigenvalue weighted by atomic mass is 32.2. The average Bonchev–Trinajstić information content (AvgIpc) is 3.10. The number of ether oxygens (including phenoxy) is 1. The molecule has 160 valence electrons. The number of nitrogens with zero attached hydrogens (tertiary/aromatic N) is 3. The van der Waals surface area contributed by atoms with Crippen LogP contribution in [0.25, 0.3) is 0 Å². The maximum Gasteiger partial charge on any atom is 0.227 e. The first-order valence-corrected chi connectivity index (χ1v) is 12.1. The molecule has 6 nitrogen and oxygen atoms in total. The average molecular weight is 420 g/mol. The first-order chi connectivity index (χ1) is 14.0. The van der Waals surface area contributed by atoms with Crippen LogP contribution in [0.2, 0.25) is 0 Å². The van der Waals surface area contributed by atoms with E-state index in [-0.39, 0.29) is 16.8 Å². The maximum atomic E-state index is 13.1. The molecule has 1 aliphatic rings. The van der Waals surface area contributed by atoms with Gasteiger partial charge < -0.3 is 9.30 Å². The lowest BCUT2D eigenvalue weighted by Crippen LogP contribution is -2.24. The summed E-state index contributed by atoms with van der Waals surface area (Å²) >= 11 is 0. The van der Waals surface area contributed by atoms with Gasteiger partial charge in [-0.2, -0.15) is 0 Å². The Bertz CT molecular complexity index is 859. The van der Waals surface area contributed by atoms with Crippen LogP contribution >= 0.6 is 0 Å². The quantitative estimate of drug-likeness (QED) is 0.590. The molecule has 0 amide bonds. The van der Waals surface area contributed by atoms with E-state index in [1.807, 2.05) is 29.8 Å². The second kappa shape index (κ2) is 10.4. The monoisotopic (exact) mass is 419 g/mol. The van der Waals surface area contributed by atoms with E-state index in [9.17, 15) is 8.42 Å². The van der Waals surface area contributed by atoms with Crippen molar-refractivity contribution in [2.75, 3.05) is 26.5 Å². The molecule has 1 saturated carbocycles. The Labute approximate surface area is 174 Å². The van der Waals surface area contributed by atoms with E-state index in [0.717, 1.165) is 37.9 Å². The largest absolute Gasteiger partial charge is 0.383 e. The second-order valence-electron chi connectivity index (χ2n) is 8.12. The van der Waals surface area contributed by atoms with Crippen molar-refractivity contribution >= 4 is 9.84 Å². The molecule has 2 aromatic rings. The molecule has 0 aliphatic heterocycles.